The van der Waals surface area contributed by atoms with E-state index in [-0.39, 0.29) is 5.91 Å². The van der Waals surface area contributed by atoms with Crippen molar-refractivity contribution in [1.82, 2.24) is 10.2 Å². The van der Waals surface area contributed by atoms with Gasteiger partial charge in [-0.2, -0.15) is 0 Å². The zero-order valence-electron chi connectivity index (χ0n) is 16.2. The molecule has 1 heterocycles. The van der Waals surface area contributed by atoms with E-state index < -0.39 is 0 Å². The smallest absolute Gasteiger partial charge is 0.251 e. The van der Waals surface area contributed by atoms with Crippen molar-refractivity contribution in [2.24, 2.45) is 0 Å². The monoisotopic (exact) mass is 366 g/mol. The lowest BCUT2D eigenvalue weighted by Gasteiger charge is -2.19. The minimum Gasteiger partial charge on any atom is -0.494 e. The van der Waals surface area contributed by atoms with Gasteiger partial charge < -0.3 is 10.1 Å². The fourth-order valence-corrected chi connectivity index (χ4v) is 3.54. The van der Waals surface area contributed by atoms with E-state index in [0.29, 0.717) is 18.7 Å². The summed E-state index contributed by atoms with van der Waals surface area (Å²) in [5.74, 6) is 0.774. The highest BCUT2D eigenvalue weighted by Gasteiger charge is 2.11. The van der Waals surface area contributed by atoms with Crippen LogP contribution in [0.4, 0.5) is 0 Å². The minimum absolute atomic E-state index is 0.0531. The van der Waals surface area contributed by atoms with Crippen molar-refractivity contribution in [2.45, 2.75) is 45.7 Å². The Balaban J connectivity index is 1.54. The van der Waals surface area contributed by atoms with Gasteiger partial charge in [0.2, 0.25) is 0 Å². The molecule has 144 valence electrons. The SMILES string of the molecule is CCOc1ccccc1CNC(=O)c1ccc(CN2CCCCCC2)cc1. The second-order valence-corrected chi connectivity index (χ2v) is 7.11. The third-order valence-corrected chi connectivity index (χ3v) is 5.03. The zero-order valence-corrected chi connectivity index (χ0v) is 16.2. The molecule has 0 bridgehead atoms. The fourth-order valence-electron chi connectivity index (χ4n) is 3.54. The van der Waals surface area contributed by atoms with Crippen LogP contribution in [0.3, 0.4) is 0 Å². The maximum atomic E-state index is 12.5. The lowest BCUT2D eigenvalue weighted by Crippen LogP contribution is -2.24. The Kier molecular flexibility index (Phi) is 7.28. The first-order valence-corrected chi connectivity index (χ1v) is 10.1. The number of rotatable bonds is 7. The number of ether oxygens (including phenoxy) is 1. The fraction of sp³-hybridized carbons (Fsp3) is 0.435. The summed E-state index contributed by atoms with van der Waals surface area (Å²) in [6.45, 7) is 6.38. The number of nitrogens with zero attached hydrogens (tertiary/aromatic N) is 1. The van der Waals surface area contributed by atoms with E-state index in [0.717, 1.165) is 17.9 Å². The molecule has 4 heteroatoms. The molecule has 1 aliphatic heterocycles. The summed E-state index contributed by atoms with van der Waals surface area (Å²) in [7, 11) is 0. The molecule has 27 heavy (non-hydrogen) atoms. The molecule has 2 aromatic carbocycles. The molecule has 0 radical (unpaired) electrons. The van der Waals surface area contributed by atoms with E-state index in [9.17, 15) is 4.79 Å². The molecule has 4 nitrogen and oxygen atoms in total. The summed E-state index contributed by atoms with van der Waals surface area (Å²) >= 11 is 0. The lowest BCUT2D eigenvalue weighted by molar-refractivity contribution is 0.0950. The summed E-state index contributed by atoms with van der Waals surface area (Å²) in [6.07, 6.45) is 5.29. The van der Waals surface area contributed by atoms with Gasteiger partial charge >= 0.3 is 0 Å². The third-order valence-electron chi connectivity index (χ3n) is 5.03. The molecule has 0 atom stereocenters. The van der Waals surface area contributed by atoms with Crippen molar-refractivity contribution >= 4 is 5.91 Å². The van der Waals surface area contributed by atoms with Crippen LogP contribution in [0.2, 0.25) is 0 Å². The van der Waals surface area contributed by atoms with Gasteiger partial charge in [-0.15, -0.1) is 0 Å². The van der Waals surface area contributed by atoms with Crippen molar-refractivity contribution in [2.75, 3.05) is 19.7 Å². The molecule has 3 rings (SSSR count). The van der Waals surface area contributed by atoms with E-state index in [1.807, 2.05) is 43.3 Å². The first-order chi connectivity index (χ1) is 13.3. The Morgan fingerprint density at radius 2 is 1.70 bits per heavy atom. The molecule has 2 aromatic rings. The van der Waals surface area contributed by atoms with Crippen molar-refractivity contribution < 1.29 is 9.53 Å². The minimum atomic E-state index is -0.0531. The number of benzene rings is 2. The molecular weight excluding hydrogens is 336 g/mol. The summed E-state index contributed by atoms with van der Waals surface area (Å²) in [6, 6.07) is 15.8. The molecule has 0 saturated carbocycles. The number of amides is 1. The van der Waals surface area contributed by atoms with Gasteiger partial charge in [-0.25, -0.2) is 0 Å². The number of likely N-dealkylation sites (tertiary alicyclic amines) is 1. The highest BCUT2D eigenvalue weighted by atomic mass is 16.5. The van der Waals surface area contributed by atoms with Gasteiger partial charge in [0.25, 0.3) is 5.91 Å². The quantitative estimate of drug-likeness (QED) is 0.790. The predicted molar refractivity (Wildman–Crippen MR) is 109 cm³/mol. The highest BCUT2D eigenvalue weighted by Crippen LogP contribution is 2.18. The standard InChI is InChI=1S/C23H30N2O2/c1-2-27-22-10-6-5-9-21(22)17-24-23(26)20-13-11-19(12-14-20)18-25-15-7-3-4-8-16-25/h5-6,9-14H,2-4,7-8,15-18H2,1H3,(H,24,26). The van der Waals surface area contributed by atoms with Gasteiger partial charge in [-0.05, 0) is 56.6 Å². The van der Waals surface area contributed by atoms with Crippen molar-refractivity contribution in [3.8, 4) is 5.75 Å². The van der Waals surface area contributed by atoms with E-state index in [1.165, 1.54) is 44.3 Å². The maximum Gasteiger partial charge on any atom is 0.251 e. The summed E-state index contributed by atoms with van der Waals surface area (Å²) < 4.78 is 5.62. The van der Waals surface area contributed by atoms with E-state index in [2.05, 4.69) is 22.3 Å². The summed E-state index contributed by atoms with van der Waals surface area (Å²) in [4.78, 5) is 15.0. The van der Waals surface area contributed by atoms with Crippen LogP contribution < -0.4 is 10.1 Å². The first-order valence-electron chi connectivity index (χ1n) is 10.1. The molecule has 0 aliphatic carbocycles. The Bertz CT molecular complexity index is 719. The molecule has 1 saturated heterocycles. The highest BCUT2D eigenvalue weighted by molar-refractivity contribution is 5.94. The van der Waals surface area contributed by atoms with Gasteiger partial charge in [0, 0.05) is 24.2 Å². The number of carbonyl (C=O) groups is 1. The number of hydrogen-bond donors (Lipinski definition) is 1. The lowest BCUT2D eigenvalue weighted by atomic mass is 10.1. The largest absolute Gasteiger partial charge is 0.494 e. The molecular formula is C23H30N2O2. The molecule has 1 aliphatic rings. The number of hydrogen-bond acceptors (Lipinski definition) is 3. The molecule has 0 aromatic heterocycles. The zero-order chi connectivity index (χ0) is 18.9. The van der Waals surface area contributed by atoms with Gasteiger partial charge in [0.15, 0.2) is 0 Å². The van der Waals surface area contributed by atoms with Crippen LogP contribution >= 0.6 is 0 Å². The van der Waals surface area contributed by atoms with Crippen LogP contribution in [0.1, 0.15) is 54.1 Å². The van der Waals surface area contributed by atoms with Gasteiger partial charge in [-0.3, -0.25) is 9.69 Å². The van der Waals surface area contributed by atoms with E-state index in [4.69, 9.17) is 4.74 Å². The molecule has 0 unspecified atom stereocenters. The Morgan fingerprint density at radius 3 is 2.41 bits per heavy atom. The average Bonchev–Trinajstić information content (AvgIpc) is 2.96. The topological polar surface area (TPSA) is 41.6 Å². The maximum absolute atomic E-state index is 12.5. The number of carbonyl (C=O) groups excluding carboxylic acids is 1. The van der Waals surface area contributed by atoms with E-state index >= 15 is 0 Å². The molecule has 0 spiro atoms. The second-order valence-electron chi connectivity index (χ2n) is 7.11. The number of para-hydroxylation sites is 1. The van der Waals surface area contributed by atoms with Gasteiger partial charge in [0.05, 0.1) is 6.61 Å². The van der Waals surface area contributed by atoms with Crippen molar-refractivity contribution in [1.29, 1.82) is 0 Å². The summed E-state index contributed by atoms with van der Waals surface area (Å²) in [5.41, 5.74) is 2.96. The van der Waals surface area contributed by atoms with Gasteiger partial charge in [-0.1, -0.05) is 43.2 Å². The van der Waals surface area contributed by atoms with Crippen LogP contribution in [-0.4, -0.2) is 30.5 Å². The summed E-state index contributed by atoms with van der Waals surface area (Å²) in [5, 5.41) is 2.99. The van der Waals surface area contributed by atoms with Crippen molar-refractivity contribution in [3.05, 3.63) is 65.2 Å². The molecule has 1 amide bonds. The number of nitrogens with one attached hydrogen (secondary N) is 1. The van der Waals surface area contributed by atoms with Crippen LogP contribution in [0.15, 0.2) is 48.5 Å². The molecule has 1 N–H and O–H groups in total. The van der Waals surface area contributed by atoms with Crippen LogP contribution in [0, 0.1) is 0 Å². The second kappa shape index (κ2) is 10.1. The predicted octanol–water partition coefficient (Wildman–Crippen LogP) is 4.39. The van der Waals surface area contributed by atoms with E-state index in [1.54, 1.807) is 0 Å². The average molecular weight is 367 g/mol. The Labute approximate surface area is 162 Å². The first kappa shape index (κ1) is 19.4. The van der Waals surface area contributed by atoms with Crippen molar-refractivity contribution in [3.63, 3.8) is 0 Å². The normalized spacial score (nSPS) is 15.1. The Hall–Kier alpha value is -2.33. The van der Waals surface area contributed by atoms with Crippen LogP contribution in [-0.2, 0) is 13.1 Å². The van der Waals surface area contributed by atoms with Crippen LogP contribution in [0.25, 0.3) is 0 Å². The molecule has 1 fully saturated rings. The van der Waals surface area contributed by atoms with Gasteiger partial charge in [0.1, 0.15) is 5.75 Å². The third kappa shape index (κ3) is 5.83. The Morgan fingerprint density at radius 1 is 1.00 bits per heavy atom. The van der Waals surface area contributed by atoms with Crippen LogP contribution in [0.5, 0.6) is 5.75 Å².